The zero-order valence-corrected chi connectivity index (χ0v) is 16.3. The van der Waals surface area contributed by atoms with E-state index in [0.29, 0.717) is 35.9 Å². The predicted molar refractivity (Wildman–Crippen MR) is 104 cm³/mol. The summed E-state index contributed by atoms with van der Waals surface area (Å²) in [5.74, 6) is -0.0877. The van der Waals surface area contributed by atoms with Crippen LogP contribution in [-0.2, 0) is 19.8 Å². The molecule has 1 amide bonds. The number of alkyl halides is 1. The van der Waals surface area contributed by atoms with Crippen LogP contribution in [0.1, 0.15) is 34.4 Å². The van der Waals surface area contributed by atoms with Crippen molar-refractivity contribution in [1.29, 1.82) is 0 Å². The maximum Gasteiger partial charge on any atom is 0.271 e. The normalized spacial score (nSPS) is 16.4. The number of fused-ring (bicyclic) bond motifs is 1. The van der Waals surface area contributed by atoms with Crippen LogP contribution in [0.4, 0.5) is 4.39 Å². The van der Waals surface area contributed by atoms with Gasteiger partial charge in [0.05, 0.1) is 23.6 Å². The smallest absolute Gasteiger partial charge is 0.271 e. The zero-order valence-electron chi connectivity index (χ0n) is 15.6. The quantitative estimate of drug-likeness (QED) is 0.626. The molecule has 0 aromatic carbocycles. The Balaban J connectivity index is 1.65. The van der Waals surface area contributed by atoms with Crippen LogP contribution in [0.2, 0.25) is 5.28 Å². The van der Waals surface area contributed by atoms with Crippen molar-refractivity contribution in [1.82, 2.24) is 24.4 Å². The molecule has 0 fully saturated rings. The molecule has 144 valence electrons. The van der Waals surface area contributed by atoms with Gasteiger partial charge in [-0.2, -0.15) is 0 Å². The van der Waals surface area contributed by atoms with Gasteiger partial charge in [-0.3, -0.25) is 9.78 Å². The second kappa shape index (κ2) is 7.31. The molecule has 1 atom stereocenters. The third-order valence-electron chi connectivity index (χ3n) is 4.92. The first-order valence-corrected chi connectivity index (χ1v) is 9.35. The van der Waals surface area contributed by atoms with Crippen molar-refractivity contribution < 1.29 is 9.18 Å². The number of rotatable bonds is 4. The Morgan fingerprint density at radius 3 is 2.86 bits per heavy atom. The van der Waals surface area contributed by atoms with Crippen LogP contribution in [0.5, 0.6) is 0 Å². The monoisotopic (exact) mass is 399 g/mol. The Kier molecular flexibility index (Phi) is 4.85. The van der Waals surface area contributed by atoms with Crippen LogP contribution in [-0.4, -0.2) is 36.4 Å². The van der Waals surface area contributed by atoms with Crippen LogP contribution >= 0.6 is 11.6 Å². The van der Waals surface area contributed by atoms with E-state index in [4.69, 9.17) is 11.6 Å². The van der Waals surface area contributed by atoms with Gasteiger partial charge in [0.15, 0.2) is 0 Å². The molecule has 0 saturated heterocycles. The highest BCUT2D eigenvalue weighted by molar-refractivity contribution is 6.28. The summed E-state index contributed by atoms with van der Waals surface area (Å²) < 4.78 is 14.8. The Bertz CT molecular complexity index is 1050. The van der Waals surface area contributed by atoms with Gasteiger partial charge in [0.1, 0.15) is 12.4 Å². The minimum atomic E-state index is -0.621. The van der Waals surface area contributed by atoms with Crippen LogP contribution in [0.15, 0.2) is 36.7 Å². The number of aryl methyl sites for hydroxylation is 1. The second-order valence-corrected chi connectivity index (χ2v) is 7.31. The first kappa shape index (κ1) is 18.6. The van der Waals surface area contributed by atoms with Crippen molar-refractivity contribution in [3.8, 4) is 11.3 Å². The maximum absolute atomic E-state index is 13.1. The SMILES string of the molecule is Cc1cnc(Cl)nc1-c1cc2n(c1)C[C@H](C)N(Cc1cccc(CF)n1)C2=O. The lowest BCUT2D eigenvalue weighted by atomic mass is 10.1. The molecule has 1 aliphatic heterocycles. The van der Waals surface area contributed by atoms with E-state index in [2.05, 4.69) is 15.0 Å². The first-order valence-electron chi connectivity index (χ1n) is 8.97. The second-order valence-electron chi connectivity index (χ2n) is 6.97. The lowest BCUT2D eigenvalue weighted by Crippen LogP contribution is -2.45. The van der Waals surface area contributed by atoms with E-state index in [0.717, 1.165) is 11.1 Å². The van der Waals surface area contributed by atoms with Crippen molar-refractivity contribution in [2.24, 2.45) is 0 Å². The lowest BCUT2D eigenvalue weighted by molar-refractivity contribution is 0.0592. The number of amides is 1. The number of hydrogen-bond donors (Lipinski definition) is 0. The van der Waals surface area contributed by atoms with E-state index >= 15 is 0 Å². The van der Waals surface area contributed by atoms with Crippen LogP contribution in [0.25, 0.3) is 11.3 Å². The summed E-state index contributed by atoms with van der Waals surface area (Å²) in [4.78, 5) is 27.5. The standard InChI is InChI=1S/C20H19ClFN5O/c1-12-8-23-20(21)25-18(12)14-6-17-19(28)27(13(2)9-26(17)10-14)11-16-5-3-4-15(7-22)24-16/h3-6,8,10,13H,7,9,11H2,1-2H3/t13-/m0/s1. The lowest BCUT2D eigenvalue weighted by Gasteiger charge is -2.34. The molecule has 0 aliphatic carbocycles. The Morgan fingerprint density at radius 2 is 2.07 bits per heavy atom. The number of aromatic nitrogens is 4. The average Bonchev–Trinajstić information content (AvgIpc) is 3.11. The molecule has 0 N–H and O–H groups in total. The number of carbonyl (C=O) groups is 1. The number of pyridine rings is 1. The van der Waals surface area contributed by atoms with Crippen LogP contribution in [0.3, 0.4) is 0 Å². The molecule has 8 heteroatoms. The summed E-state index contributed by atoms with van der Waals surface area (Å²) in [5.41, 5.74) is 4.06. The predicted octanol–water partition coefficient (Wildman–Crippen LogP) is 3.82. The fourth-order valence-electron chi connectivity index (χ4n) is 3.51. The Morgan fingerprint density at radius 1 is 1.29 bits per heavy atom. The van der Waals surface area contributed by atoms with Gasteiger partial charge in [-0.05, 0) is 49.2 Å². The summed E-state index contributed by atoms with van der Waals surface area (Å²) in [6, 6.07) is 7.02. The molecule has 28 heavy (non-hydrogen) atoms. The van der Waals surface area contributed by atoms with Crippen molar-refractivity contribution in [2.75, 3.05) is 0 Å². The number of hydrogen-bond acceptors (Lipinski definition) is 4. The minimum Gasteiger partial charge on any atom is -0.341 e. The van der Waals surface area contributed by atoms with Crippen molar-refractivity contribution in [2.45, 2.75) is 39.7 Å². The van der Waals surface area contributed by atoms with Gasteiger partial charge in [0, 0.05) is 30.5 Å². The van der Waals surface area contributed by atoms with Crippen molar-refractivity contribution in [3.05, 3.63) is 64.6 Å². The van der Waals surface area contributed by atoms with Gasteiger partial charge in [-0.15, -0.1) is 0 Å². The van der Waals surface area contributed by atoms with Crippen LogP contribution in [0, 0.1) is 6.92 Å². The highest BCUT2D eigenvalue weighted by atomic mass is 35.5. The third kappa shape index (κ3) is 3.38. The fraction of sp³-hybridized carbons (Fsp3) is 0.300. The summed E-state index contributed by atoms with van der Waals surface area (Å²) in [5, 5.41) is 0.171. The average molecular weight is 400 g/mol. The first-order chi connectivity index (χ1) is 13.5. The van der Waals surface area contributed by atoms with Crippen molar-refractivity contribution >= 4 is 17.5 Å². The summed E-state index contributed by atoms with van der Waals surface area (Å²) >= 11 is 5.95. The van der Waals surface area contributed by atoms with E-state index in [1.807, 2.05) is 36.7 Å². The molecular weight excluding hydrogens is 381 g/mol. The van der Waals surface area contributed by atoms with Gasteiger partial charge in [0.25, 0.3) is 5.91 Å². The molecule has 6 nitrogen and oxygen atoms in total. The summed E-state index contributed by atoms with van der Waals surface area (Å²) in [6.45, 7) is 4.27. The van der Waals surface area contributed by atoms with Gasteiger partial charge < -0.3 is 9.47 Å². The van der Waals surface area contributed by atoms with Gasteiger partial charge in [-0.1, -0.05) is 6.07 Å². The number of carbonyl (C=O) groups excluding carboxylic acids is 1. The molecular formula is C20H19ClFN5O. The highest BCUT2D eigenvalue weighted by Crippen LogP contribution is 2.28. The van der Waals surface area contributed by atoms with Gasteiger partial charge in [-0.25, -0.2) is 14.4 Å². The molecule has 3 aromatic heterocycles. The van der Waals surface area contributed by atoms with E-state index < -0.39 is 6.67 Å². The fourth-order valence-corrected chi connectivity index (χ4v) is 3.64. The number of nitrogens with zero attached hydrogens (tertiary/aromatic N) is 5. The van der Waals surface area contributed by atoms with E-state index in [1.165, 1.54) is 0 Å². The number of halogens is 2. The molecule has 4 rings (SSSR count). The summed E-state index contributed by atoms with van der Waals surface area (Å²) in [6.07, 6.45) is 3.59. The van der Waals surface area contributed by atoms with Crippen LogP contribution < -0.4 is 0 Å². The largest absolute Gasteiger partial charge is 0.341 e. The zero-order chi connectivity index (χ0) is 19.8. The van der Waals surface area contributed by atoms with Gasteiger partial charge >= 0.3 is 0 Å². The molecule has 0 unspecified atom stereocenters. The Labute approximate surface area is 167 Å². The molecule has 3 aromatic rings. The topological polar surface area (TPSA) is 63.9 Å². The van der Waals surface area contributed by atoms with Gasteiger partial charge in [0.2, 0.25) is 5.28 Å². The van der Waals surface area contributed by atoms with E-state index in [1.54, 1.807) is 23.2 Å². The van der Waals surface area contributed by atoms with E-state index in [-0.39, 0.29) is 17.2 Å². The molecule has 0 bridgehead atoms. The Hall–Kier alpha value is -2.80. The van der Waals surface area contributed by atoms with E-state index in [9.17, 15) is 9.18 Å². The van der Waals surface area contributed by atoms with Crippen molar-refractivity contribution in [3.63, 3.8) is 0 Å². The highest BCUT2D eigenvalue weighted by Gasteiger charge is 2.31. The molecule has 0 radical (unpaired) electrons. The molecule has 0 saturated carbocycles. The minimum absolute atomic E-state index is 0.0221. The molecule has 0 spiro atoms. The maximum atomic E-state index is 13.1. The molecule has 4 heterocycles. The molecule has 1 aliphatic rings. The summed E-state index contributed by atoms with van der Waals surface area (Å²) in [7, 11) is 0. The third-order valence-corrected chi connectivity index (χ3v) is 5.10.